The maximum absolute atomic E-state index is 12.3. The van der Waals surface area contributed by atoms with Crippen molar-refractivity contribution in [3.8, 4) is 11.4 Å². The maximum atomic E-state index is 12.3. The Labute approximate surface area is 127 Å². The largest absolute Gasteiger partial charge is 0.336 e. The molecule has 3 rings (SSSR count). The van der Waals surface area contributed by atoms with Gasteiger partial charge in [-0.1, -0.05) is 29.8 Å². The van der Waals surface area contributed by atoms with E-state index < -0.39 is 6.04 Å². The fraction of sp³-hybridized carbons (Fsp3) is 0.357. The zero-order valence-electron chi connectivity index (χ0n) is 12.4. The summed E-state index contributed by atoms with van der Waals surface area (Å²) in [5.74, 6) is 0.105. The van der Waals surface area contributed by atoms with Crippen LogP contribution in [-0.2, 0) is 4.79 Å². The molecule has 1 atom stereocenters. The standard InChI is InChI=1S/C14H16N6O2/c1-9-3-5-11(6-4-9)12-16-18-20(17-12)10(2)13(21)19-8-7-15-14(19)22/h3-6,10H,7-8H2,1-2H3,(H,15,22). The van der Waals surface area contributed by atoms with Gasteiger partial charge in [-0.25, -0.2) is 4.79 Å². The van der Waals surface area contributed by atoms with Crippen molar-refractivity contribution in [2.24, 2.45) is 0 Å². The second-order valence-corrected chi connectivity index (χ2v) is 5.20. The second-order valence-electron chi connectivity index (χ2n) is 5.20. The van der Waals surface area contributed by atoms with E-state index in [0.717, 1.165) is 11.1 Å². The van der Waals surface area contributed by atoms with Crippen LogP contribution in [0.1, 0.15) is 18.5 Å². The predicted molar refractivity (Wildman–Crippen MR) is 77.8 cm³/mol. The van der Waals surface area contributed by atoms with Crippen molar-refractivity contribution in [2.45, 2.75) is 19.9 Å². The van der Waals surface area contributed by atoms with Crippen LogP contribution >= 0.6 is 0 Å². The van der Waals surface area contributed by atoms with Crippen LogP contribution in [0.5, 0.6) is 0 Å². The van der Waals surface area contributed by atoms with E-state index in [1.54, 1.807) is 6.92 Å². The number of nitrogens with one attached hydrogen (secondary N) is 1. The van der Waals surface area contributed by atoms with Crippen LogP contribution in [-0.4, -0.2) is 50.1 Å². The van der Waals surface area contributed by atoms with Crippen LogP contribution in [0, 0.1) is 6.92 Å². The molecule has 2 heterocycles. The highest BCUT2D eigenvalue weighted by Gasteiger charge is 2.31. The molecule has 1 unspecified atom stereocenters. The average Bonchev–Trinajstić information content (AvgIpc) is 3.15. The Hall–Kier alpha value is -2.77. The number of aromatic nitrogens is 4. The van der Waals surface area contributed by atoms with E-state index in [0.29, 0.717) is 18.9 Å². The van der Waals surface area contributed by atoms with Crippen LogP contribution in [0.4, 0.5) is 4.79 Å². The lowest BCUT2D eigenvalue weighted by atomic mass is 10.1. The van der Waals surface area contributed by atoms with Crippen molar-refractivity contribution in [3.05, 3.63) is 29.8 Å². The number of hydrogen-bond donors (Lipinski definition) is 1. The molecule has 1 saturated heterocycles. The summed E-state index contributed by atoms with van der Waals surface area (Å²) >= 11 is 0. The number of amides is 3. The van der Waals surface area contributed by atoms with Crippen LogP contribution in [0.15, 0.2) is 24.3 Å². The number of carbonyl (C=O) groups is 2. The summed E-state index contributed by atoms with van der Waals surface area (Å²) in [7, 11) is 0. The van der Waals surface area contributed by atoms with Crippen LogP contribution in [0.3, 0.4) is 0 Å². The molecule has 114 valence electrons. The van der Waals surface area contributed by atoms with E-state index in [-0.39, 0.29) is 11.9 Å². The minimum atomic E-state index is -0.685. The van der Waals surface area contributed by atoms with E-state index >= 15 is 0 Å². The zero-order chi connectivity index (χ0) is 15.7. The summed E-state index contributed by atoms with van der Waals surface area (Å²) in [6.07, 6.45) is 0. The number of aryl methyl sites for hydroxylation is 1. The molecule has 2 aromatic rings. The van der Waals surface area contributed by atoms with Gasteiger partial charge in [-0.3, -0.25) is 9.69 Å². The molecule has 22 heavy (non-hydrogen) atoms. The van der Waals surface area contributed by atoms with Gasteiger partial charge in [0.05, 0.1) is 0 Å². The van der Waals surface area contributed by atoms with Crippen molar-refractivity contribution in [1.29, 1.82) is 0 Å². The van der Waals surface area contributed by atoms with Crippen molar-refractivity contribution < 1.29 is 9.59 Å². The number of benzene rings is 1. The maximum Gasteiger partial charge on any atom is 0.324 e. The normalized spacial score (nSPS) is 15.7. The van der Waals surface area contributed by atoms with Gasteiger partial charge in [0.1, 0.15) is 6.04 Å². The van der Waals surface area contributed by atoms with Crippen molar-refractivity contribution in [3.63, 3.8) is 0 Å². The van der Waals surface area contributed by atoms with E-state index in [1.807, 2.05) is 31.2 Å². The molecule has 0 aliphatic carbocycles. The van der Waals surface area contributed by atoms with Gasteiger partial charge >= 0.3 is 6.03 Å². The first-order valence-electron chi connectivity index (χ1n) is 7.02. The topological polar surface area (TPSA) is 93.0 Å². The van der Waals surface area contributed by atoms with Gasteiger partial charge in [0.15, 0.2) is 0 Å². The first kappa shape index (κ1) is 14.2. The molecule has 0 radical (unpaired) electrons. The molecular weight excluding hydrogens is 284 g/mol. The van der Waals surface area contributed by atoms with Gasteiger partial charge < -0.3 is 5.32 Å². The zero-order valence-corrected chi connectivity index (χ0v) is 12.4. The van der Waals surface area contributed by atoms with Gasteiger partial charge in [0.25, 0.3) is 5.91 Å². The van der Waals surface area contributed by atoms with E-state index in [2.05, 4.69) is 20.7 Å². The predicted octanol–water partition coefficient (Wildman–Crippen LogP) is 0.761. The second kappa shape index (κ2) is 5.55. The van der Waals surface area contributed by atoms with Gasteiger partial charge in [-0.05, 0) is 19.1 Å². The van der Waals surface area contributed by atoms with E-state index in [4.69, 9.17) is 0 Å². The van der Waals surface area contributed by atoms with Gasteiger partial charge in [-0.15, -0.1) is 10.2 Å². The summed E-state index contributed by atoms with van der Waals surface area (Å²) in [5.41, 5.74) is 1.97. The number of imide groups is 1. The molecule has 1 N–H and O–H groups in total. The lowest BCUT2D eigenvalue weighted by molar-refractivity contribution is -0.131. The summed E-state index contributed by atoms with van der Waals surface area (Å²) in [4.78, 5) is 26.2. The van der Waals surface area contributed by atoms with Crippen molar-refractivity contribution >= 4 is 11.9 Å². The van der Waals surface area contributed by atoms with E-state index in [1.165, 1.54) is 9.70 Å². The minimum absolute atomic E-state index is 0.345. The van der Waals surface area contributed by atoms with Crippen LogP contribution in [0.25, 0.3) is 11.4 Å². The average molecular weight is 300 g/mol. The quantitative estimate of drug-likeness (QED) is 0.903. The highest BCUT2D eigenvalue weighted by molar-refractivity contribution is 5.97. The lowest BCUT2D eigenvalue weighted by Crippen LogP contribution is -2.39. The Balaban J connectivity index is 1.79. The smallest absolute Gasteiger partial charge is 0.324 e. The molecule has 8 heteroatoms. The Morgan fingerprint density at radius 3 is 2.68 bits per heavy atom. The fourth-order valence-corrected chi connectivity index (χ4v) is 2.21. The Bertz CT molecular complexity index is 708. The molecule has 0 saturated carbocycles. The Kier molecular flexibility index (Phi) is 3.58. The Morgan fingerprint density at radius 1 is 1.32 bits per heavy atom. The minimum Gasteiger partial charge on any atom is -0.336 e. The van der Waals surface area contributed by atoms with Crippen molar-refractivity contribution in [1.82, 2.24) is 30.4 Å². The third kappa shape index (κ3) is 2.54. The van der Waals surface area contributed by atoms with Gasteiger partial charge in [0.2, 0.25) is 5.82 Å². The summed E-state index contributed by atoms with van der Waals surface area (Å²) in [6, 6.07) is 6.65. The molecule has 1 fully saturated rings. The first-order valence-corrected chi connectivity index (χ1v) is 7.02. The number of nitrogens with zero attached hydrogens (tertiary/aromatic N) is 5. The molecule has 1 aromatic heterocycles. The van der Waals surface area contributed by atoms with Crippen LogP contribution in [0.2, 0.25) is 0 Å². The fourth-order valence-electron chi connectivity index (χ4n) is 2.21. The molecule has 1 aliphatic rings. The number of hydrogen-bond acceptors (Lipinski definition) is 5. The molecule has 3 amide bonds. The summed E-state index contributed by atoms with van der Waals surface area (Å²) in [5, 5.41) is 14.7. The number of urea groups is 1. The molecule has 1 aromatic carbocycles. The monoisotopic (exact) mass is 300 g/mol. The SMILES string of the molecule is Cc1ccc(-c2nnn(C(C)C(=O)N3CCNC3=O)n2)cc1. The number of carbonyl (C=O) groups excluding carboxylic acids is 2. The lowest BCUT2D eigenvalue weighted by Gasteiger charge is -2.16. The first-order chi connectivity index (χ1) is 10.6. The summed E-state index contributed by atoms with van der Waals surface area (Å²) in [6.45, 7) is 4.47. The molecule has 8 nitrogen and oxygen atoms in total. The van der Waals surface area contributed by atoms with Gasteiger partial charge in [0, 0.05) is 18.7 Å². The molecule has 0 spiro atoms. The van der Waals surface area contributed by atoms with Crippen molar-refractivity contribution in [2.75, 3.05) is 13.1 Å². The number of tetrazole rings is 1. The van der Waals surface area contributed by atoms with Gasteiger partial charge in [-0.2, -0.15) is 4.80 Å². The van der Waals surface area contributed by atoms with Crippen LogP contribution < -0.4 is 5.32 Å². The molecule has 0 bridgehead atoms. The third-order valence-corrected chi connectivity index (χ3v) is 3.56. The highest BCUT2D eigenvalue weighted by atomic mass is 16.2. The third-order valence-electron chi connectivity index (χ3n) is 3.56. The highest BCUT2D eigenvalue weighted by Crippen LogP contribution is 2.16. The number of rotatable bonds is 3. The summed E-state index contributed by atoms with van der Waals surface area (Å²) < 4.78 is 0. The van der Waals surface area contributed by atoms with E-state index in [9.17, 15) is 9.59 Å². The Morgan fingerprint density at radius 2 is 2.05 bits per heavy atom. The molecular formula is C14H16N6O2. The molecule has 1 aliphatic heterocycles.